The number of amides is 1. The standard InChI is InChI=1S/C18H20ClN3O2/c19-14-10-15(20)17(22-8-4-5-9-22)11-16(14)21-18(23)12-24-13-6-2-1-3-7-13/h1-3,6-7,10-11H,4-5,8-9,12,20H2,(H,21,23). The molecule has 126 valence electrons. The van der Waals surface area contributed by atoms with Gasteiger partial charge in [-0.15, -0.1) is 0 Å². The maximum absolute atomic E-state index is 12.1. The van der Waals surface area contributed by atoms with Crippen molar-refractivity contribution >= 4 is 34.6 Å². The average Bonchev–Trinajstić information content (AvgIpc) is 3.11. The number of nitrogens with one attached hydrogen (secondary N) is 1. The van der Waals surface area contributed by atoms with E-state index in [0.29, 0.717) is 22.1 Å². The minimum absolute atomic E-state index is 0.0796. The summed E-state index contributed by atoms with van der Waals surface area (Å²) >= 11 is 6.22. The van der Waals surface area contributed by atoms with Crippen LogP contribution in [0, 0.1) is 0 Å². The Kier molecular flexibility index (Phi) is 5.11. The van der Waals surface area contributed by atoms with E-state index in [1.807, 2.05) is 24.3 Å². The van der Waals surface area contributed by atoms with Gasteiger partial charge in [-0.05, 0) is 37.1 Å². The molecule has 0 bridgehead atoms. The van der Waals surface area contributed by atoms with Crippen molar-refractivity contribution in [2.75, 3.05) is 35.6 Å². The van der Waals surface area contributed by atoms with Gasteiger partial charge in [-0.2, -0.15) is 0 Å². The monoisotopic (exact) mass is 345 g/mol. The number of carbonyl (C=O) groups is 1. The predicted molar refractivity (Wildman–Crippen MR) is 97.9 cm³/mol. The number of halogens is 1. The second-order valence-electron chi connectivity index (χ2n) is 5.73. The lowest BCUT2D eigenvalue weighted by Gasteiger charge is -2.21. The summed E-state index contributed by atoms with van der Waals surface area (Å²) in [5.41, 5.74) is 8.16. The average molecular weight is 346 g/mol. The molecule has 2 aromatic rings. The van der Waals surface area contributed by atoms with Gasteiger partial charge in [0.25, 0.3) is 5.91 Å². The van der Waals surface area contributed by atoms with Gasteiger partial charge in [0.2, 0.25) is 0 Å². The second-order valence-corrected chi connectivity index (χ2v) is 6.14. The molecule has 24 heavy (non-hydrogen) atoms. The van der Waals surface area contributed by atoms with Gasteiger partial charge in [0.15, 0.2) is 6.61 Å². The summed E-state index contributed by atoms with van der Waals surface area (Å²) in [4.78, 5) is 14.3. The van der Waals surface area contributed by atoms with E-state index < -0.39 is 0 Å². The molecule has 0 aliphatic carbocycles. The highest BCUT2D eigenvalue weighted by atomic mass is 35.5. The molecule has 1 fully saturated rings. The van der Waals surface area contributed by atoms with E-state index in [4.69, 9.17) is 22.1 Å². The van der Waals surface area contributed by atoms with Crippen molar-refractivity contribution in [3.8, 4) is 5.75 Å². The molecule has 3 rings (SSSR count). The van der Waals surface area contributed by atoms with E-state index in [-0.39, 0.29) is 12.5 Å². The van der Waals surface area contributed by atoms with E-state index in [1.54, 1.807) is 18.2 Å². The highest BCUT2D eigenvalue weighted by Crippen LogP contribution is 2.35. The third-order valence-corrected chi connectivity index (χ3v) is 4.26. The Morgan fingerprint density at radius 1 is 1.21 bits per heavy atom. The van der Waals surface area contributed by atoms with Gasteiger partial charge in [0, 0.05) is 13.1 Å². The van der Waals surface area contributed by atoms with Gasteiger partial charge >= 0.3 is 0 Å². The fourth-order valence-corrected chi connectivity index (χ4v) is 2.98. The largest absolute Gasteiger partial charge is 0.484 e. The van der Waals surface area contributed by atoms with Crippen LogP contribution < -0.4 is 20.7 Å². The molecule has 0 spiro atoms. The third kappa shape index (κ3) is 3.92. The lowest BCUT2D eigenvalue weighted by atomic mass is 10.2. The number of para-hydroxylation sites is 1. The summed E-state index contributed by atoms with van der Waals surface area (Å²) in [5.74, 6) is 0.381. The maximum atomic E-state index is 12.1. The van der Waals surface area contributed by atoms with Crippen LogP contribution in [0.1, 0.15) is 12.8 Å². The number of hydrogen-bond acceptors (Lipinski definition) is 4. The second kappa shape index (κ2) is 7.45. The number of anilines is 3. The Bertz CT molecular complexity index is 716. The van der Waals surface area contributed by atoms with Gasteiger partial charge < -0.3 is 20.7 Å². The van der Waals surface area contributed by atoms with Crippen molar-refractivity contribution < 1.29 is 9.53 Å². The van der Waals surface area contributed by atoms with Gasteiger partial charge in [-0.1, -0.05) is 29.8 Å². The molecular weight excluding hydrogens is 326 g/mol. The first-order chi connectivity index (χ1) is 11.6. The van der Waals surface area contributed by atoms with Gasteiger partial charge in [-0.25, -0.2) is 0 Å². The molecule has 0 aromatic heterocycles. The third-order valence-electron chi connectivity index (χ3n) is 3.95. The van der Waals surface area contributed by atoms with Crippen LogP contribution in [0.4, 0.5) is 17.1 Å². The number of nitrogens with two attached hydrogens (primary N) is 1. The molecule has 5 nitrogen and oxygen atoms in total. The number of carbonyl (C=O) groups excluding carboxylic acids is 1. The zero-order valence-electron chi connectivity index (χ0n) is 13.3. The van der Waals surface area contributed by atoms with Crippen LogP contribution in [0.2, 0.25) is 5.02 Å². The van der Waals surface area contributed by atoms with Crippen molar-refractivity contribution in [2.45, 2.75) is 12.8 Å². The highest BCUT2D eigenvalue weighted by molar-refractivity contribution is 6.34. The quantitative estimate of drug-likeness (QED) is 0.813. The van der Waals surface area contributed by atoms with Crippen molar-refractivity contribution in [2.24, 2.45) is 0 Å². The Morgan fingerprint density at radius 3 is 2.62 bits per heavy atom. The molecule has 1 aliphatic heterocycles. The number of nitrogen functional groups attached to an aromatic ring is 1. The summed E-state index contributed by atoms with van der Waals surface area (Å²) in [6, 6.07) is 12.7. The van der Waals surface area contributed by atoms with Gasteiger partial charge in [0.05, 0.1) is 22.1 Å². The van der Waals surface area contributed by atoms with Crippen LogP contribution >= 0.6 is 11.6 Å². The first kappa shape index (κ1) is 16.5. The van der Waals surface area contributed by atoms with Crippen molar-refractivity contribution in [3.63, 3.8) is 0 Å². The number of ether oxygens (including phenoxy) is 1. The normalized spacial score (nSPS) is 13.8. The zero-order valence-corrected chi connectivity index (χ0v) is 14.1. The molecule has 3 N–H and O–H groups in total. The van der Waals surface area contributed by atoms with Crippen LogP contribution in [-0.4, -0.2) is 25.6 Å². The van der Waals surface area contributed by atoms with E-state index in [9.17, 15) is 4.79 Å². The van der Waals surface area contributed by atoms with Crippen LogP contribution in [0.3, 0.4) is 0 Å². The maximum Gasteiger partial charge on any atom is 0.262 e. The van der Waals surface area contributed by atoms with Crippen LogP contribution in [0.5, 0.6) is 5.75 Å². The lowest BCUT2D eigenvalue weighted by Crippen LogP contribution is -2.22. The summed E-state index contributed by atoms with van der Waals surface area (Å²) in [6.07, 6.45) is 2.29. The topological polar surface area (TPSA) is 67.6 Å². The zero-order chi connectivity index (χ0) is 16.9. The highest BCUT2D eigenvalue weighted by Gasteiger charge is 2.17. The molecule has 1 saturated heterocycles. The molecule has 0 saturated carbocycles. The Labute approximate surface area is 146 Å². The van der Waals surface area contributed by atoms with Crippen LogP contribution in [-0.2, 0) is 4.79 Å². The summed E-state index contributed by atoms with van der Waals surface area (Å²) in [7, 11) is 0. The number of nitrogens with zero attached hydrogens (tertiary/aromatic N) is 1. The van der Waals surface area contributed by atoms with E-state index in [1.165, 1.54) is 0 Å². The minimum Gasteiger partial charge on any atom is -0.484 e. The molecular formula is C18H20ClN3O2. The van der Waals surface area contributed by atoms with Crippen LogP contribution in [0.15, 0.2) is 42.5 Å². The SMILES string of the molecule is Nc1cc(Cl)c(NC(=O)COc2ccccc2)cc1N1CCCC1. The number of rotatable bonds is 5. The van der Waals surface area contributed by atoms with E-state index in [0.717, 1.165) is 31.6 Å². The molecule has 1 aliphatic rings. The van der Waals surface area contributed by atoms with Crippen molar-refractivity contribution in [1.82, 2.24) is 0 Å². The molecule has 0 atom stereocenters. The number of hydrogen-bond donors (Lipinski definition) is 2. The smallest absolute Gasteiger partial charge is 0.262 e. The molecule has 2 aromatic carbocycles. The predicted octanol–water partition coefficient (Wildman–Crippen LogP) is 3.54. The summed E-state index contributed by atoms with van der Waals surface area (Å²) in [5, 5.41) is 3.21. The van der Waals surface area contributed by atoms with Crippen molar-refractivity contribution in [3.05, 3.63) is 47.5 Å². The first-order valence-electron chi connectivity index (χ1n) is 7.95. The molecule has 1 amide bonds. The molecule has 0 unspecified atom stereocenters. The van der Waals surface area contributed by atoms with Gasteiger partial charge in [0.1, 0.15) is 5.75 Å². The minimum atomic E-state index is -0.266. The van der Waals surface area contributed by atoms with E-state index >= 15 is 0 Å². The van der Waals surface area contributed by atoms with E-state index in [2.05, 4.69) is 10.2 Å². The Hall–Kier alpha value is -2.40. The summed E-state index contributed by atoms with van der Waals surface area (Å²) < 4.78 is 5.44. The molecule has 0 radical (unpaired) electrons. The molecule has 1 heterocycles. The Balaban J connectivity index is 1.67. The fourth-order valence-electron chi connectivity index (χ4n) is 2.76. The first-order valence-corrected chi connectivity index (χ1v) is 8.33. The lowest BCUT2D eigenvalue weighted by molar-refractivity contribution is -0.118. The summed E-state index contributed by atoms with van der Waals surface area (Å²) in [6.45, 7) is 1.86. The van der Waals surface area contributed by atoms with Crippen molar-refractivity contribution in [1.29, 1.82) is 0 Å². The van der Waals surface area contributed by atoms with Gasteiger partial charge in [-0.3, -0.25) is 4.79 Å². The van der Waals surface area contributed by atoms with Crippen LogP contribution in [0.25, 0.3) is 0 Å². The Morgan fingerprint density at radius 2 is 1.92 bits per heavy atom. The number of benzene rings is 2. The fraction of sp³-hybridized carbons (Fsp3) is 0.278. The molecule has 6 heteroatoms.